The van der Waals surface area contributed by atoms with Crippen LogP contribution in [0.2, 0.25) is 0 Å². The molecule has 0 aliphatic carbocycles. The average Bonchev–Trinajstić information content (AvgIpc) is 2.44. The van der Waals surface area contributed by atoms with Crippen molar-refractivity contribution in [2.45, 2.75) is 13.3 Å². The molecule has 2 N–H and O–H groups in total. The molecule has 5 heteroatoms. The number of aryl methyl sites for hydroxylation is 1. The number of nitrogens with zero attached hydrogens (tertiary/aromatic N) is 2. The van der Waals surface area contributed by atoms with Crippen molar-refractivity contribution in [1.29, 1.82) is 0 Å². The van der Waals surface area contributed by atoms with Gasteiger partial charge in [0, 0.05) is 5.69 Å². The number of carboxylic acids is 1. The van der Waals surface area contributed by atoms with E-state index in [2.05, 4.69) is 4.98 Å². The third-order valence-electron chi connectivity index (χ3n) is 2.26. The van der Waals surface area contributed by atoms with Gasteiger partial charge >= 0.3 is 5.97 Å². The van der Waals surface area contributed by atoms with E-state index in [-0.39, 0.29) is 12.2 Å². The van der Waals surface area contributed by atoms with E-state index in [4.69, 9.17) is 5.11 Å². The quantitative estimate of drug-likeness (QED) is 0.767. The van der Waals surface area contributed by atoms with Crippen molar-refractivity contribution < 1.29 is 15.0 Å². The van der Waals surface area contributed by atoms with Gasteiger partial charge in [0.2, 0.25) is 0 Å². The van der Waals surface area contributed by atoms with E-state index in [1.165, 1.54) is 12.3 Å². The van der Waals surface area contributed by atoms with Crippen molar-refractivity contribution in [3.8, 4) is 5.75 Å². The third-order valence-corrected chi connectivity index (χ3v) is 2.26. The molecule has 15 heavy (non-hydrogen) atoms. The number of fused-ring (bicyclic) bond motifs is 1. The number of carboxylic acid groups (broad SMARTS) is 1. The summed E-state index contributed by atoms with van der Waals surface area (Å²) in [6.45, 7) is 1.78. The Labute approximate surface area is 85.6 Å². The van der Waals surface area contributed by atoms with Crippen LogP contribution in [0.25, 0.3) is 5.65 Å². The van der Waals surface area contributed by atoms with Crippen molar-refractivity contribution in [2.75, 3.05) is 0 Å². The summed E-state index contributed by atoms with van der Waals surface area (Å²) < 4.78 is 1.67. The molecule has 2 aromatic rings. The monoisotopic (exact) mass is 206 g/mol. The summed E-state index contributed by atoms with van der Waals surface area (Å²) in [6.07, 6.45) is 1.41. The number of hydrogen-bond donors (Lipinski definition) is 2. The van der Waals surface area contributed by atoms with E-state index in [0.29, 0.717) is 11.3 Å². The Balaban J connectivity index is 2.59. The Kier molecular flexibility index (Phi) is 2.07. The molecule has 2 rings (SSSR count). The zero-order chi connectivity index (χ0) is 11.0. The Bertz CT molecular complexity index is 531. The van der Waals surface area contributed by atoms with Crippen molar-refractivity contribution in [3.63, 3.8) is 0 Å². The van der Waals surface area contributed by atoms with Crippen LogP contribution in [-0.2, 0) is 11.2 Å². The van der Waals surface area contributed by atoms with Crippen LogP contribution in [-0.4, -0.2) is 25.6 Å². The highest BCUT2D eigenvalue weighted by atomic mass is 16.4. The summed E-state index contributed by atoms with van der Waals surface area (Å²) in [6, 6.07) is 3.17. The maximum absolute atomic E-state index is 10.6. The highest BCUT2D eigenvalue weighted by Gasteiger charge is 2.11. The largest absolute Gasteiger partial charge is 0.506 e. The Morgan fingerprint density at radius 3 is 2.93 bits per heavy atom. The fourth-order valence-corrected chi connectivity index (χ4v) is 1.51. The summed E-state index contributed by atoms with van der Waals surface area (Å²) in [5.74, 6) is -0.782. The van der Waals surface area contributed by atoms with Gasteiger partial charge in [-0.15, -0.1) is 0 Å². The number of hydrogen-bond acceptors (Lipinski definition) is 3. The maximum atomic E-state index is 10.6. The first-order valence-corrected chi connectivity index (χ1v) is 4.46. The van der Waals surface area contributed by atoms with E-state index in [0.717, 1.165) is 5.69 Å². The molecule has 0 unspecified atom stereocenters. The van der Waals surface area contributed by atoms with Gasteiger partial charge in [-0.25, -0.2) is 4.98 Å². The molecule has 78 valence electrons. The lowest BCUT2D eigenvalue weighted by atomic mass is 10.2. The summed E-state index contributed by atoms with van der Waals surface area (Å²) in [5.41, 5.74) is 1.90. The molecule has 0 aliphatic rings. The van der Waals surface area contributed by atoms with Crippen LogP contribution in [0.15, 0.2) is 18.3 Å². The second kappa shape index (κ2) is 3.27. The standard InChI is InChI=1S/C10H10N2O3/c1-6-8(4-10(14)15)11-9-3-2-7(13)5-12(6)9/h2-3,5,13H,4H2,1H3,(H,14,15). The van der Waals surface area contributed by atoms with Crippen LogP contribution in [0.4, 0.5) is 0 Å². The van der Waals surface area contributed by atoms with Gasteiger partial charge in [-0.3, -0.25) is 4.79 Å². The van der Waals surface area contributed by atoms with Crippen molar-refractivity contribution >= 4 is 11.6 Å². The van der Waals surface area contributed by atoms with Gasteiger partial charge in [-0.2, -0.15) is 0 Å². The first kappa shape index (κ1) is 9.51. The molecule has 2 aromatic heterocycles. The highest BCUT2D eigenvalue weighted by Crippen LogP contribution is 2.16. The second-order valence-corrected chi connectivity index (χ2v) is 3.33. The smallest absolute Gasteiger partial charge is 0.309 e. The minimum absolute atomic E-state index is 0.103. The molecule has 0 saturated heterocycles. The number of aromatic nitrogens is 2. The molecule has 0 radical (unpaired) electrons. The first-order valence-electron chi connectivity index (χ1n) is 4.46. The fraction of sp³-hybridized carbons (Fsp3) is 0.200. The summed E-state index contributed by atoms with van der Waals surface area (Å²) in [7, 11) is 0. The molecule has 0 fully saturated rings. The summed E-state index contributed by atoms with van der Waals surface area (Å²) in [5, 5.41) is 18.0. The molecular weight excluding hydrogens is 196 g/mol. The zero-order valence-corrected chi connectivity index (χ0v) is 8.14. The minimum Gasteiger partial charge on any atom is -0.506 e. The van der Waals surface area contributed by atoms with E-state index < -0.39 is 5.97 Å². The molecule has 0 saturated carbocycles. The molecule has 0 bridgehead atoms. The van der Waals surface area contributed by atoms with Gasteiger partial charge in [0.25, 0.3) is 0 Å². The lowest BCUT2D eigenvalue weighted by Crippen LogP contribution is -2.02. The fourth-order valence-electron chi connectivity index (χ4n) is 1.51. The molecule has 0 spiro atoms. The van der Waals surface area contributed by atoms with E-state index in [1.807, 2.05) is 0 Å². The van der Waals surface area contributed by atoms with E-state index in [1.54, 1.807) is 17.4 Å². The predicted molar refractivity (Wildman–Crippen MR) is 52.9 cm³/mol. The number of aliphatic carboxylic acids is 1. The van der Waals surface area contributed by atoms with Crippen molar-refractivity contribution in [1.82, 2.24) is 9.38 Å². The number of rotatable bonds is 2. The average molecular weight is 206 g/mol. The molecule has 0 aliphatic heterocycles. The van der Waals surface area contributed by atoms with Gasteiger partial charge in [0.1, 0.15) is 11.4 Å². The summed E-state index contributed by atoms with van der Waals surface area (Å²) >= 11 is 0. The Hall–Kier alpha value is -2.04. The molecular formula is C10H10N2O3. The number of pyridine rings is 1. The second-order valence-electron chi connectivity index (χ2n) is 3.33. The van der Waals surface area contributed by atoms with Crippen LogP contribution < -0.4 is 0 Å². The van der Waals surface area contributed by atoms with Crippen LogP contribution in [0.5, 0.6) is 5.75 Å². The van der Waals surface area contributed by atoms with Crippen molar-refractivity contribution in [2.24, 2.45) is 0 Å². The highest BCUT2D eigenvalue weighted by molar-refractivity contribution is 5.70. The Morgan fingerprint density at radius 2 is 2.27 bits per heavy atom. The molecule has 2 heterocycles. The van der Waals surface area contributed by atoms with Crippen molar-refractivity contribution in [3.05, 3.63) is 29.7 Å². The minimum atomic E-state index is -0.911. The van der Waals surface area contributed by atoms with Gasteiger partial charge in [-0.1, -0.05) is 0 Å². The van der Waals surface area contributed by atoms with E-state index in [9.17, 15) is 9.90 Å². The maximum Gasteiger partial charge on any atom is 0.309 e. The third kappa shape index (κ3) is 1.63. The molecule has 0 amide bonds. The lowest BCUT2D eigenvalue weighted by molar-refractivity contribution is -0.136. The number of carbonyl (C=O) groups is 1. The normalized spacial score (nSPS) is 10.7. The topological polar surface area (TPSA) is 74.8 Å². The zero-order valence-electron chi connectivity index (χ0n) is 8.14. The van der Waals surface area contributed by atoms with Crippen LogP contribution >= 0.6 is 0 Å². The van der Waals surface area contributed by atoms with Gasteiger partial charge in [0.05, 0.1) is 18.3 Å². The van der Waals surface area contributed by atoms with Crippen LogP contribution in [0.3, 0.4) is 0 Å². The summed E-state index contributed by atoms with van der Waals surface area (Å²) in [4.78, 5) is 14.7. The van der Waals surface area contributed by atoms with E-state index >= 15 is 0 Å². The molecule has 5 nitrogen and oxygen atoms in total. The van der Waals surface area contributed by atoms with Crippen LogP contribution in [0.1, 0.15) is 11.4 Å². The number of aromatic hydroxyl groups is 1. The molecule has 0 aromatic carbocycles. The first-order chi connectivity index (χ1) is 7.08. The lowest BCUT2D eigenvalue weighted by Gasteiger charge is -1.97. The predicted octanol–water partition coefficient (Wildman–Crippen LogP) is 0.975. The molecule has 0 atom stereocenters. The van der Waals surface area contributed by atoms with Crippen LogP contribution in [0, 0.1) is 6.92 Å². The number of imidazole rings is 1. The van der Waals surface area contributed by atoms with Gasteiger partial charge in [-0.05, 0) is 19.1 Å². The van der Waals surface area contributed by atoms with Gasteiger partial charge in [0.15, 0.2) is 0 Å². The van der Waals surface area contributed by atoms with Gasteiger partial charge < -0.3 is 14.6 Å². The SMILES string of the molecule is Cc1c(CC(=O)O)nc2ccc(O)cn12. The Morgan fingerprint density at radius 1 is 1.53 bits per heavy atom.